The van der Waals surface area contributed by atoms with Crippen LogP contribution in [-0.4, -0.2) is 11.5 Å². The Bertz CT molecular complexity index is 615. The Labute approximate surface area is 111 Å². The van der Waals surface area contributed by atoms with E-state index in [4.69, 9.17) is 11.6 Å². The van der Waals surface area contributed by atoms with Crippen molar-refractivity contribution in [3.05, 3.63) is 38.7 Å². The van der Waals surface area contributed by atoms with Gasteiger partial charge in [0, 0.05) is 16.4 Å². The molecule has 2 aromatic rings. The summed E-state index contributed by atoms with van der Waals surface area (Å²) in [7, 11) is 0. The second kappa shape index (κ2) is 4.19. The third-order valence-electron chi connectivity index (χ3n) is 3.03. The second-order valence-corrected chi connectivity index (χ2v) is 5.34. The largest absolute Gasteiger partial charge is 0.312 e. The van der Waals surface area contributed by atoms with Crippen LogP contribution in [0.5, 0.6) is 0 Å². The van der Waals surface area contributed by atoms with Gasteiger partial charge in [0.15, 0.2) is 5.82 Å². The lowest BCUT2D eigenvalue weighted by atomic mass is 9.98. The van der Waals surface area contributed by atoms with Crippen LogP contribution in [0.25, 0.3) is 10.9 Å². The Morgan fingerprint density at radius 3 is 3.00 bits per heavy atom. The first-order valence-corrected chi connectivity index (χ1v) is 6.50. The fourth-order valence-corrected chi connectivity index (χ4v) is 2.97. The van der Waals surface area contributed by atoms with Gasteiger partial charge in [-0.3, -0.25) is 0 Å². The van der Waals surface area contributed by atoms with Crippen molar-refractivity contribution in [2.75, 3.05) is 6.54 Å². The number of fused-ring (bicyclic) bond motifs is 3. The normalized spacial score (nSPS) is 15.0. The van der Waals surface area contributed by atoms with Crippen molar-refractivity contribution in [2.45, 2.75) is 13.0 Å². The van der Waals surface area contributed by atoms with Crippen LogP contribution in [-0.2, 0) is 13.0 Å². The number of benzene rings is 1. The van der Waals surface area contributed by atoms with E-state index in [0.717, 1.165) is 34.0 Å². The third-order valence-corrected chi connectivity index (χ3v) is 3.80. The van der Waals surface area contributed by atoms with E-state index in [-0.39, 0.29) is 5.82 Å². The molecular formula is C12H9BrClFN2. The molecule has 0 atom stereocenters. The summed E-state index contributed by atoms with van der Waals surface area (Å²) in [5, 5.41) is 4.54. The molecule has 0 radical (unpaired) electrons. The smallest absolute Gasteiger partial charge is 0.150 e. The molecule has 0 unspecified atom stereocenters. The molecule has 3 rings (SSSR count). The van der Waals surface area contributed by atoms with Gasteiger partial charge in [0.25, 0.3) is 0 Å². The Morgan fingerprint density at radius 2 is 2.18 bits per heavy atom. The predicted molar refractivity (Wildman–Crippen MR) is 69.8 cm³/mol. The number of rotatable bonds is 0. The van der Waals surface area contributed by atoms with Gasteiger partial charge in [-0.25, -0.2) is 9.37 Å². The standard InChI is InChI=1S/C12H9BrClFN2/c13-6-3-8-9-5-16-2-1-7(9)12(14)17-11(8)10(15)4-6/h3-4,16H,1-2,5H2. The molecule has 0 spiro atoms. The van der Waals surface area contributed by atoms with Gasteiger partial charge < -0.3 is 5.32 Å². The van der Waals surface area contributed by atoms with Crippen molar-refractivity contribution < 1.29 is 4.39 Å². The molecule has 0 saturated carbocycles. The first-order valence-electron chi connectivity index (χ1n) is 5.33. The molecule has 0 fully saturated rings. The van der Waals surface area contributed by atoms with Gasteiger partial charge in [-0.2, -0.15) is 0 Å². The molecule has 1 aliphatic heterocycles. The molecular weight excluding hydrogens is 307 g/mol. The van der Waals surface area contributed by atoms with E-state index in [9.17, 15) is 4.39 Å². The van der Waals surface area contributed by atoms with Crippen LogP contribution in [0.2, 0.25) is 5.15 Å². The molecule has 1 aromatic heterocycles. The van der Waals surface area contributed by atoms with Gasteiger partial charge in [0.2, 0.25) is 0 Å². The Morgan fingerprint density at radius 1 is 1.35 bits per heavy atom. The molecule has 0 aliphatic carbocycles. The zero-order valence-corrected chi connectivity index (χ0v) is 11.2. The summed E-state index contributed by atoms with van der Waals surface area (Å²) in [5.41, 5.74) is 2.45. The Balaban J connectivity index is 2.43. The van der Waals surface area contributed by atoms with Gasteiger partial charge in [0.05, 0.1) is 0 Å². The molecule has 1 aromatic carbocycles. The summed E-state index contributed by atoms with van der Waals surface area (Å²) in [6, 6.07) is 3.31. The zero-order chi connectivity index (χ0) is 12.0. The Kier molecular flexibility index (Phi) is 2.81. The summed E-state index contributed by atoms with van der Waals surface area (Å²) in [6.45, 7) is 1.60. The minimum absolute atomic E-state index is 0.343. The number of aromatic nitrogens is 1. The maximum atomic E-state index is 13.8. The maximum absolute atomic E-state index is 13.8. The van der Waals surface area contributed by atoms with E-state index < -0.39 is 0 Å². The molecule has 2 nitrogen and oxygen atoms in total. The first-order chi connectivity index (χ1) is 8.16. The fraction of sp³-hybridized carbons (Fsp3) is 0.250. The monoisotopic (exact) mass is 314 g/mol. The van der Waals surface area contributed by atoms with Crippen LogP contribution in [0.3, 0.4) is 0 Å². The predicted octanol–water partition coefficient (Wildman–Crippen LogP) is 3.44. The van der Waals surface area contributed by atoms with Crippen molar-refractivity contribution >= 4 is 38.4 Å². The molecule has 1 N–H and O–H groups in total. The molecule has 88 valence electrons. The lowest BCUT2D eigenvalue weighted by Gasteiger charge is -2.20. The molecule has 0 saturated heterocycles. The highest BCUT2D eigenvalue weighted by Crippen LogP contribution is 2.31. The van der Waals surface area contributed by atoms with E-state index in [0.29, 0.717) is 17.2 Å². The van der Waals surface area contributed by atoms with Gasteiger partial charge in [-0.05, 0) is 36.2 Å². The number of hydrogen-bond donors (Lipinski definition) is 1. The number of nitrogens with one attached hydrogen (secondary N) is 1. The average molecular weight is 316 g/mol. The minimum atomic E-state index is -0.343. The van der Waals surface area contributed by atoms with Crippen molar-refractivity contribution in [2.24, 2.45) is 0 Å². The topological polar surface area (TPSA) is 24.9 Å². The SMILES string of the molecule is Fc1cc(Br)cc2c3c(c(Cl)nc12)CCNC3. The summed E-state index contributed by atoms with van der Waals surface area (Å²) in [6.07, 6.45) is 0.839. The first kappa shape index (κ1) is 11.4. The molecule has 5 heteroatoms. The maximum Gasteiger partial charge on any atom is 0.150 e. The van der Waals surface area contributed by atoms with Crippen molar-refractivity contribution in [1.29, 1.82) is 0 Å². The fourth-order valence-electron chi connectivity index (χ4n) is 2.25. The van der Waals surface area contributed by atoms with E-state index >= 15 is 0 Å². The number of halogens is 3. The average Bonchev–Trinajstić information content (AvgIpc) is 2.31. The number of pyridine rings is 1. The number of hydrogen-bond acceptors (Lipinski definition) is 2. The van der Waals surface area contributed by atoms with Crippen molar-refractivity contribution in [3.63, 3.8) is 0 Å². The van der Waals surface area contributed by atoms with Crippen LogP contribution >= 0.6 is 27.5 Å². The van der Waals surface area contributed by atoms with Gasteiger partial charge in [0.1, 0.15) is 10.7 Å². The minimum Gasteiger partial charge on any atom is -0.312 e. The lowest BCUT2D eigenvalue weighted by Crippen LogP contribution is -2.24. The van der Waals surface area contributed by atoms with E-state index in [2.05, 4.69) is 26.2 Å². The van der Waals surface area contributed by atoms with Crippen LogP contribution in [0.1, 0.15) is 11.1 Å². The van der Waals surface area contributed by atoms with Crippen LogP contribution < -0.4 is 5.32 Å². The highest BCUT2D eigenvalue weighted by Gasteiger charge is 2.18. The quantitative estimate of drug-likeness (QED) is 0.753. The summed E-state index contributed by atoms with van der Waals surface area (Å²) in [5.74, 6) is -0.343. The Hall–Kier alpha value is -0.710. The zero-order valence-electron chi connectivity index (χ0n) is 8.86. The highest BCUT2D eigenvalue weighted by atomic mass is 79.9. The third kappa shape index (κ3) is 1.84. The van der Waals surface area contributed by atoms with Crippen LogP contribution in [0, 0.1) is 5.82 Å². The van der Waals surface area contributed by atoms with Gasteiger partial charge in [-0.15, -0.1) is 0 Å². The van der Waals surface area contributed by atoms with Crippen molar-refractivity contribution in [1.82, 2.24) is 10.3 Å². The van der Waals surface area contributed by atoms with Crippen LogP contribution in [0.15, 0.2) is 16.6 Å². The van der Waals surface area contributed by atoms with Gasteiger partial charge in [-0.1, -0.05) is 27.5 Å². The molecule has 0 amide bonds. The van der Waals surface area contributed by atoms with Gasteiger partial charge >= 0.3 is 0 Å². The second-order valence-electron chi connectivity index (χ2n) is 4.07. The molecule has 0 bridgehead atoms. The van der Waals surface area contributed by atoms with E-state index in [1.807, 2.05) is 6.07 Å². The van der Waals surface area contributed by atoms with Crippen molar-refractivity contribution in [3.8, 4) is 0 Å². The van der Waals surface area contributed by atoms with E-state index in [1.165, 1.54) is 6.07 Å². The highest BCUT2D eigenvalue weighted by molar-refractivity contribution is 9.10. The summed E-state index contributed by atoms with van der Waals surface area (Å²) < 4.78 is 14.5. The number of nitrogens with zero attached hydrogens (tertiary/aromatic N) is 1. The molecule has 17 heavy (non-hydrogen) atoms. The summed E-state index contributed by atoms with van der Waals surface area (Å²) in [4.78, 5) is 4.17. The summed E-state index contributed by atoms with van der Waals surface area (Å²) >= 11 is 9.42. The van der Waals surface area contributed by atoms with Crippen LogP contribution in [0.4, 0.5) is 4.39 Å². The lowest BCUT2D eigenvalue weighted by molar-refractivity contribution is 0.630. The molecule has 1 aliphatic rings. The van der Waals surface area contributed by atoms with E-state index in [1.54, 1.807) is 0 Å². The molecule has 2 heterocycles.